The standard InChI is InChI=1S/C26H27F3O/c1-3-5-6-16-30-24-15-14-22(25(28)26(24)29)20-12-13-21(23(27)17-20)19-10-8-18(7-4-2)9-11-19/h8-15,17H,3-7,16H2,1-2H3. The van der Waals surface area contributed by atoms with Crippen molar-refractivity contribution in [1.82, 2.24) is 0 Å². The van der Waals surface area contributed by atoms with E-state index in [9.17, 15) is 13.2 Å². The lowest BCUT2D eigenvalue weighted by molar-refractivity contribution is 0.286. The Morgan fingerprint density at radius 3 is 2.07 bits per heavy atom. The number of benzene rings is 3. The molecule has 4 heteroatoms. The lowest BCUT2D eigenvalue weighted by Crippen LogP contribution is -2.01. The summed E-state index contributed by atoms with van der Waals surface area (Å²) in [7, 11) is 0. The molecule has 3 aromatic carbocycles. The first kappa shape index (κ1) is 21.9. The summed E-state index contributed by atoms with van der Waals surface area (Å²) in [6.45, 7) is 4.50. The van der Waals surface area contributed by atoms with E-state index in [-0.39, 0.29) is 16.9 Å². The van der Waals surface area contributed by atoms with Crippen LogP contribution >= 0.6 is 0 Å². The highest BCUT2D eigenvalue weighted by atomic mass is 19.2. The highest BCUT2D eigenvalue weighted by Gasteiger charge is 2.17. The molecule has 0 aromatic heterocycles. The van der Waals surface area contributed by atoms with E-state index in [4.69, 9.17) is 4.74 Å². The molecule has 0 unspecified atom stereocenters. The van der Waals surface area contributed by atoms with Crippen LogP contribution in [0.3, 0.4) is 0 Å². The average molecular weight is 412 g/mol. The fraction of sp³-hybridized carbons (Fsp3) is 0.308. The number of halogens is 3. The van der Waals surface area contributed by atoms with E-state index in [0.29, 0.717) is 12.2 Å². The van der Waals surface area contributed by atoms with Gasteiger partial charge in [0, 0.05) is 11.1 Å². The van der Waals surface area contributed by atoms with Crippen LogP contribution in [0.1, 0.15) is 45.1 Å². The zero-order chi connectivity index (χ0) is 21.5. The summed E-state index contributed by atoms with van der Waals surface area (Å²) in [6, 6.07) is 15.0. The molecule has 0 spiro atoms. The highest BCUT2D eigenvalue weighted by Crippen LogP contribution is 2.33. The first-order valence-electron chi connectivity index (χ1n) is 10.5. The minimum atomic E-state index is -1.04. The van der Waals surface area contributed by atoms with Crippen molar-refractivity contribution >= 4 is 0 Å². The first-order valence-corrected chi connectivity index (χ1v) is 10.5. The fourth-order valence-corrected chi connectivity index (χ4v) is 3.46. The maximum absolute atomic E-state index is 14.8. The van der Waals surface area contributed by atoms with Crippen LogP contribution in [0.4, 0.5) is 13.2 Å². The van der Waals surface area contributed by atoms with Gasteiger partial charge in [-0.1, -0.05) is 69.5 Å². The highest BCUT2D eigenvalue weighted by molar-refractivity contribution is 5.72. The molecule has 0 bridgehead atoms. The summed E-state index contributed by atoms with van der Waals surface area (Å²) in [5, 5.41) is 0. The minimum Gasteiger partial charge on any atom is -0.490 e. The second-order valence-electron chi connectivity index (χ2n) is 7.44. The third-order valence-electron chi connectivity index (χ3n) is 5.14. The van der Waals surface area contributed by atoms with Gasteiger partial charge in [-0.05, 0) is 47.7 Å². The van der Waals surface area contributed by atoms with Crippen molar-refractivity contribution in [3.63, 3.8) is 0 Å². The van der Waals surface area contributed by atoms with Gasteiger partial charge in [-0.25, -0.2) is 8.78 Å². The van der Waals surface area contributed by atoms with Crippen molar-refractivity contribution in [2.24, 2.45) is 0 Å². The average Bonchev–Trinajstić information content (AvgIpc) is 2.75. The Morgan fingerprint density at radius 1 is 0.700 bits per heavy atom. The third-order valence-corrected chi connectivity index (χ3v) is 5.14. The lowest BCUT2D eigenvalue weighted by Gasteiger charge is -2.12. The van der Waals surface area contributed by atoms with Crippen molar-refractivity contribution in [3.8, 4) is 28.0 Å². The van der Waals surface area contributed by atoms with Crippen LogP contribution in [0.25, 0.3) is 22.3 Å². The van der Waals surface area contributed by atoms with Gasteiger partial charge in [0.25, 0.3) is 0 Å². The van der Waals surface area contributed by atoms with Crippen LogP contribution in [0, 0.1) is 17.5 Å². The molecule has 0 aliphatic rings. The van der Waals surface area contributed by atoms with Crippen molar-refractivity contribution < 1.29 is 17.9 Å². The van der Waals surface area contributed by atoms with Crippen LogP contribution < -0.4 is 4.74 Å². The molecule has 30 heavy (non-hydrogen) atoms. The first-order chi connectivity index (χ1) is 14.5. The molecule has 0 saturated carbocycles. The Morgan fingerprint density at radius 2 is 1.40 bits per heavy atom. The summed E-state index contributed by atoms with van der Waals surface area (Å²) < 4.78 is 49.2. The largest absolute Gasteiger partial charge is 0.490 e. The van der Waals surface area contributed by atoms with Crippen LogP contribution in [0.2, 0.25) is 0 Å². The molecular formula is C26H27F3O. The van der Waals surface area contributed by atoms with Crippen LogP contribution in [-0.2, 0) is 6.42 Å². The summed E-state index contributed by atoms with van der Waals surface area (Å²) >= 11 is 0. The Kier molecular flexibility index (Phi) is 7.56. The molecular weight excluding hydrogens is 385 g/mol. The molecule has 0 radical (unpaired) electrons. The molecule has 3 aromatic rings. The monoisotopic (exact) mass is 412 g/mol. The summed E-state index contributed by atoms with van der Waals surface area (Å²) in [6.07, 6.45) is 4.79. The number of hydrogen-bond donors (Lipinski definition) is 0. The van der Waals surface area contributed by atoms with Gasteiger partial charge < -0.3 is 4.74 Å². The molecule has 0 fully saturated rings. The number of aryl methyl sites for hydroxylation is 1. The van der Waals surface area contributed by atoms with Crippen LogP contribution in [-0.4, -0.2) is 6.61 Å². The molecule has 0 N–H and O–H groups in total. The van der Waals surface area contributed by atoms with Gasteiger partial charge in [0.2, 0.25) is 5.82 Å². The predicted molar refractivity (Wildman–Crippen MR) is 116 cm³/mol. The van der Waals surface area contributed by atoms with Gasteiger partial charge in [-0.15, -0.1) is 0 Å². The molecule has 0 aliphatic heterocycles. The Labute approximate surface area is 176 Å². The Bertz CT molecular complexity index is 980. The lowest BCUT2D eigenvalue weighted by atomic mass is 9.98. The third kappa shape index (κ3) is 5.05. The maximum Gasteiger partial charge on any atom is 0.201 e. The number of unbranched alkanes of at least 4 members (excludes halogenated alkanes) is 2. The molecule has 0 saturated heterocycles. The molecule has 3 rings (SSSR count). The van der Waals surface area contributed by atoms with E-state index in [1.165, 1.54) is 23.8 Å². The van der Waals surface area contributed by atoms with Gasteiger partial charge >= 0.3 is 0 Å². The zero-order valence-corrected chi connectivity index (χ0v) is 17.5. The topological polar surface area (TPSA) is 9.23 Å². The van der Waals surface area contributed by atoms with E-state index >= 15 is 0 Å². The normalized spacial score (nSPS) is 11.0. The second kappa shape index (κ2) is 10.3. The van der Waals surface area contributed by atoms with Crippen molar-refractivity contribution in [2.75, 3.05) is 6.61 Å². The minimum absolute atomic E-state index is 0.0113. The summed E-state index contributed by atoms with van der Waals surface area (Å²) in [4.78, 5) is 0. The zero-order valence-electron chi connectivity index (χ0n) is 17.5. The fourth-order valence-electron chi connectivity index (χ4n) is 3.46. The summed E-state index contributed by atoms with van der Waals surface area (Å²) in [5.41, 5.74) is 2.68. The SMILES string of the molecule is CCCCCOc1ccc(-c2ccc(-c3ccc(CCC)cc3)c(F)c2)c(F)c1F. The predicted octanol–water partition coefficient (Wildman–Crippen LogP) is 7.96. The van der Waals surface area contributed by atoms with Crippen molar-refractivity contribution in [3.05, 3.63) is 77.6 Å². The number of ether oxygens (including phenoxy) is 1. The Hall–Kier alpha value is -2.75. The van der Waals surface area contributed by atoms with Crippen molar-refractivity contribution in [2.45, 2.75) is 46.0 Å². The molecule has 1 nitrogen and oxygen atoms in total. The van der Waals surface area contributed by atoms with Gasteiger partial charge in [0.15, 0.2) is 11.6 Å². The van der Waals surface area contributed by atoms with Gasteiger partial charge in [0.05, 0.1) is 6.61 Å². The second-order valence-corrected chi connectivity index (χ2v) is 7.44. The van der Waals surface area contributed by atoms with Crippen LogP contribution in [0.5, 0.6) is 5.75 Å². The van der Waals surface area contributed by atoms with Crippen LogP contribution in [0.15, 0.2) is 54.6 Å². The molecule has 0 aliphatic carbocycles. The van der Waals surface area contributed by atoms with E-state index < -0.39 is 17.5 Å². The molecule has 0 heterocycles. The van der Waals surface area contributed by atoms with Gasteiger partial charge in [0.1, 0.15) is 5.82 Å². The number of hydrogen-bond acceptors (Lipinski definition) is 1. The quantitative estimate of drug-likeness (QED) is 0.324. The summed E-state index contributed by atoms with van der Waals surface area (Å²) in [5.74, 6) is -2.66. The van der Waals surface area contributed by atoms with E-state index in [2.05, 4.69) is 13.8 Å². The smallest absolute Gasteiger partial charge is 0.201 e. The molecule has 0 amide bonds. The molecule has 0 atom stereocenters. The molecule has 158 valence electrons. The van der Waals surface area contributed by atoms with Crippen molar-refractivity contribution in [1.29, 1.82) is 0 Å². The van der Waals surface area contributed by atoms with Gasteiger partial charge in [-0.2, -0.15) is 4.39 Å². The van der Waals surface area contributed by atoms with E-state index in [1.807, 2.05) is 24.3 Å². The maximum atomic E-state index is 14.8. The van der Waals surface area contributed by atoms with E-state index in [0.717, 1.165) is 37.7 Å². The number of rotatable bonds is 9. The Balaban J connectivity index is 1.82. The van der Waals surface area contributed by atoms with E-state index in [1.54, 1.807) is 12.1 Å². The van der Waals surface area contributed by atoms with Gasteiger partial charge in [-0.3, -0.25) is 0 Å².